The molecule has 1 atom stereocenters. The van der Waals surface area contributed by atoms with Crippen LogP contribution < -0.4 is 11.1 Å². The summed E-state index contributed by atoms with van der Waals surface area (Å²) in [6.07, 6.45) is -3.10. The van der Waals surface area contributed by atoms with Crippen LogP contribution >= 0.6 is 0 Å². The second-order valence-electron chi connectivity index (χ2n) is 5.43. The van der Waals surface area contributed by atoms with Crippen molar-refractivity contribution in [2.24, 2.45) is 5.73 Å². The number of hydrogen-bond donors (Lipinski definition) is 2. The van der Waals surface area contributed by atoms with Crippen molar-refractivity contribution in [3.8, 4) is 0 Å². The molecule has 20 heavy (non-hydrogen) atoms. The molecule has 0 aliphatic carbocycles. The van der Waals surface area contributed by atoms with Crippen molar-refractivity contribution in [2.75, 3.05) is 11.9 Å². The molecule has 0 spiro atoms. The number of ether oxygens (including phenoxy) is 1. The van der Waals surface area contributed by atoms with Crippen LogP contribution in [0.4, 0.5) is 19.3 Å². The molecule has 1 rings (SSSR count). The Hall–Kier alpha value is -1.69. The topological polar surface area (TPSA) is 64.3 Å². The van der Waals surface area contributed by atoms with Crippen molar-refractivity contribution in [3.63, 3.8) is 0 Å². The molecule has 1 aromatic rings. The van der Waals surface area contributed by atoms with Gasteiger partial charge in [-0.2, -0.15) is 0 Å². The average Bonchev–Trinajstić information content (AvgIpc) is 2.29. The molecule has 1 amide bonds. The molecule has 3 N–H and O–H groups in total. The van der Waals surface area contributed by atoms with Gasteiger partial charge in [-0.15, -0.1) is 0 Å². The van der Waals surface area contributed by atoms with Crippen molar-refractivity contribution in [3.05, 3.63) is 29.8 Å². The summed E-state index contributed by atoms with van der Waals surface area (Å²) in [4.78, 5) is 11.5. The Bertz CT molecular complexity index is 441. The van der Waals surface area contributed by atoms with Crippen LogP contribution in [0.25, 0.3) is 0 Å². The summed E-state index contributed by atoms with van der Waals surface area (Å²) in [5.74, 6) is -0.995. The molecule has 0 saturated heterocycles. The zero-order valence-corrected chi connectivity index (χ0v) is 11.8. The largest absolute Gasteiger partial charge is 0.444 e. The summed E-state index contributed by atoms with van der Waals surface area (Å²) in [7, 11) is 0. The first kappa shape index (κ1) is 16.4. The van der Waals surface area contributed by atoms with E-state index in [-0.39, 0.29) is 6.54 Å². The first-order valence-electron chi connectivity index (χ1n) is 6.31. The van der Waals surface area contributed by atoms with Crippen molar-refractivity contribution >= 4 is 11.8 Å². The number of nitrogens with one attached hydrogen (secondary N) is 1. The fraction of sp³-hybridized carbons (Fsp3) is 0.500. The van der Waals surface area contributed by atoms with E-state index in [1.165, 1.54) is 12.1 Å². The van der Waals surface area contributed by atoms with Gasteiger partial charge in [-0.1, -0.05) is 12.1 Å². The molecule has 0 aliphatic rings. The highest BCUT2D eigenvalue weighted by Gasteiger charge is 2.21. The number of carbonyl (C=O) groups excluding carboxylic acids is 1. The van der Waals surface area contributed by atoms with Gasteiger partial charge in [0.1, 0.15) is 5.60 Å². The van der Waals surface area contributed by atoms with Crippen molar-refractivity contribution in [2.45, 2.75) is 38.7 Å². The molecule has 0 aliphatic heterocycles. The quantitative estimate of drug-likeness (QED) is 0.892. The van der Waals surface area contributed by atoms with Crippen molar-refractivity contribution < 1.29 is 18.3 Å². The van der Waals surface area contributed by atoms with E-state index in [1.807, 2.05) is 0 Å². The molecule has 0 heterocycles. The number of halogens is 2. The monoisotopic (exact) mass is 286 g/mol. The highest BCUT2D eigenvalue weighted by Crippen LogP contribution is 2.23. The Balaban J connectivity index is 2.70. The van der Waals surface area contributed by atoms with Gasteiger partial charge in [-0.05, 0) is 38.5 Å². The van der Waals surface area contributed by atoms with Crippen LogP contribution in [-0.4, -0.2) is 24.7 Å². The number of alkyl halides is 2. The van der Waals surface area contributed by atoms with E-state index in [2.05, 4.69) is 5.32 Å². The Morgan fingerprint density at radius 1 is 1.30 bits per heavy atom. The maximum Gasteiger partial charge on any atom is 0.412 e. The van der Waals surface area contributed by atoms with Gasteiger partial charge in [0, 0.05) is 12.2 Å². The molecule has 0 saturated carbocycles. The Morgan fingerprint density at radius 3 is 2.25 bits per heavy atom. The second kappa shape index (κ2) is 6.65. The molecule has 0 bridgehead atoms. The molecule has 1 unspecified atom stereocenters. The molecule has 0 aromatic heterocycles. The molecule has 0 radical (unpaired) electrons. The van der Waals surface area contributed by atoms with Gasteiger partial charge in [-0.25, -0.2) is 13.6 Å². The molecule has 6 heteroatoms. The number of rotatable bonds is 4. The third-order valence-corrected chi connectivity index (χ3v) is 2.54. The van der Waals surface area contributed by atoms with Crippen molar-refractivity contribution in [1.29, 1.82) is 0 Å². The maximum atomic E-state index is 12.7. The van der Waals surface area contributed by atoms with Crippen LogP contribution in [-0.2, 0) is 4.74 Å². The molecule has 112 valence electrons. The predicted octanol–water partition coefficient (Wildman–Crippen LogP) is 3.34. The SMILES string of the molecule is CC(C)(C)OC(=O)Nc1ccc(C(CN)C(F)F)cc1. The molecule has 1 aromatic carbocycles. The first-order valence-corrected chi connectivity index (χ1v) is 6.31. The minimum Gasteiger partial charge on any atom is -0.444 e. The minimum absolute atomic E-state index is 0.128. The Labute approximate surface area is 117 Å². The van der Waals surface area contributed by atoms with Crippen molar-refractivity contribution in [1.82, 2.24) is 0 Å². The smallest absolute Gasteiger partial charge is 0.412 e. The highest BCUT2D eigenvalue weighted by molar-refractivity contribution is 5.84. The van der Waals surface area contributed by atoms with Gasteiger partial charge in [0.2, 0.25) is 6.43 Å². The summed E-state index contributed by atoms with van der Waals surface area (Å²) < 4.78 is 30.5. The van der Waals surface area contributed by atoms with Gasteiger partial charge in [-0.3, -0.25) is 5.32 Å². The third-order valence-electron chi connectivity index (χ3n) is 2.54. The van der Waals surface area contributed by atoms with E-state index >= 15 is 0 Å². The minimum atomic E-state index is -2.51. The lowest BCUT2D eigenvalue weighted by Crippen LogP contribution is -2.27. The van der Waals surface area contributed by atoms with E-state index in [0.717, 1.165) is 0 Å². The van der Waals surface area contributed by atoms with Crippen LogP contribution in [0.1, 0.15) is 32.3 Å². The van der Waals surface area contributed by atoms with E-state index in [0.29, 0.717) is 11.3 Å². The number of anilines is 1. The highest BCUT2D eigenvalue weighted by atomic mass is 19.3. The lowest BCUT2D eigenvalue weighted by molar-refractivity contribution is 0.0636. The van der Waals surface area contributed by atoms with E-state index in [1.54, 1.807) is 32.9 Å². The summed E-state index contributed by atoms with van der Waals surface area (Å²) >= 11 is 0. The third kappa shape index (κ3) is 5.13. The van der Waals surface area contributed by atoms with Crippen LogP contribution in [0, 0.1) is 0 Å². The molecular weight excluding hydrogens is 266 g/mol. The standard InChI is InChI=1S/C14H20F2N2O2/c1-14(2,3)20-13(19)18-10-6-4-9(5-7-10)11(8-17)12(15)16/h4-7,11-12H,8,17H2,1-3H3,(H,18,19). The zero-order chi connectivity index (χ0) is 15.3. The first-order chi connectivity index (χ1) is 9.23. The lowest BCUT2D eigenvalue weighted by Gasteiger charge is -2.20. The number of amides is 1. The van der Waals surface area contributed by atoms with Gasteiger partial charge >= 0.3 is 6.09 Å². The van der Waals surface area contributed by atoms with E-state index in [9.17, 15) is 13.6 Å². The molecular formula is C14H20F2N2O2. The predicted molar refractivity (Wildman–Crippen MR) is 74.1 cm³/mol. The van der Waals surface area contributed by atoms with Crippen LogP contribution in [0.5, 0.6) is 0 Å². The Kier molecular flexibility index (Phi) is 5.44. The number of carbonyl (C=O) groups is 1. The molecule has 4 nitrogen and oxygen atoms in total. The summed E-state index contributed by atoms with van der Waals surface area (Å²) in [6, 6.07) is 6.14. The summed E-state index contributed by atoms with van der Waals surface area (Å²) in [5.41, 5.74) is 5.65. The fourth-order valence-corrected chi connectivity index (χ4v) is 1.62. The normalized spacial score (nSPS) is 13.2. The maximum absolute atomic E-state index is 12.7. The van der Waals surface area contributed by atoms with Crippen LogP contribution in [0.15, 0.2) is 24.3 Å². The van der Waals surface area contributed by atoms with Crippen LogP contribution in [0.2, 0.25) is 0 Å². The van der Waals surface area contributed by atoms with Crippen LogP contribution in [0.3, 0.4) is 0 Å². The fourth-order valence-electron chi connectivity index (χ4n) is 1.62. The number of nitrogens with two attached hydrogens (primary N) is 1. The molecule has 0 fully saturated rings. The zero-order valence-electron chi connectivity index (χ0n) is 11.8. The number of benzene rings is 1. The lowest BCUT2D eigenvalue weighted by atomic mass is 9.99. The second-order valence-corrected chi connectivity index (χ2v) is 5.43. The summed E-state index contributed by atoms with van der Waals surface area (Å²) in [5, 5.41) is 2.53. The average molecular weight is 286 g/mol. The van der Waals surface area contributed by atoms with Gasteiger partial charge < -0.3 is 10.5 Å². The Morgan fingerprint density at radius 2 is 1.85 bits per heavy atom. The van der Waals surface area contributed by atoms with Gasteiger partial charge in [0.05, 0.1) is 5.92 Å². The van der Waals surface area contributed by atoms with E-state index in [4.69, 9.17) is 10.5 Å². The summed E-state index contributed by atoms with van der Waals surface area (Å²) in [6.45, 7) is 5.13. The van der Waals surface area contributed by atoms with Gasteiger partial charge in [0.15, 0.2) is 0 Å². The van der Waals surface area contributed by atoms with E-state index < -0.39 is 24.0 Å². The number of hydrogen-bond acceptors (Lipinski definition) is 3. The van der Waals surface area contributed by atoms with Gasteiger partial charge in [0.25, 0.3) is 0 Å².